The second kappa shape index (κ2) is 11.8. The molecule has 0 aromatic carbocycles. The molecule has 0 unspecified atom stereocenters. The Morgan fingerprint density at radius 2 is 1.00 bits per heavy atom. The van der Waals surface area contributed by atoms with E-state index < -0.39 is 11.4 Å². The molecule has 2 radical (unpaired) electrons. The standard InChI is InChI=1S/Al.3ClH.K.Na/h;3*1H;;/q+3;;;;;/p-3. The van der Waals surface area contributed by atoms with Crippen LogP contribution in [0.3, 0.4) is 0 Å². The van der Waals surface area contributed by atoms with Gasteiger partial charge in [-0.05, 0) is 0 Å². The predicted octanol–water partition coefficient (Wildman–Crippen LogP) is 0.926. The molecule has 0 aliphatic carbocycles. The van der Waals surface area contributed by atoms with E-state index in [-0.39, 0.29) is 80.9 Å². The van der Waals surface area contributed by atoms with Gasteiger partial charge in [0, 0.05) is 80.9 Å². The molecule has 6 heteroatoms. The van der Waals surface area contributed by atoms with Crippen LogP contribution in [-0.4, -0.2) is 92.3 Å². The number of halogens is 3. The molecule has 0 saturated carbocycles. The molecule has 0 aromatic rings. The summed E-state index contributed by atoms with van der Waals surface area (Å²) in [5.74, 6) is 0. The van der Waals surface area contributed by atoms with Crippen molar-refractivity contribution in [3.8, 4) is 0 Å². The van der Waals surface area contributed by atoms with Crippen molar-refractivity contribution in [1.82, 2.24) is 0 Å². The summed E-state index contributed by atoms with van der Waals surface area (Å²) in [5, 5.41) is 0. The van der Waals surface area contributed by atoms with Gasteiger partial charge < -0.3 is 0 Å². The van der Waals surface area contributed by atoms with Gasteiger partial charge in [0.05, 0.1) is 0 Å². The Bertz CT molecular complexity index is 15.5. The molecule has 0 amide bonds. The van der Waals surface area contributed by atoms with E-state index in [1.165, 1.54) is 0 Å². The molecule has 0 N–H and O–H groups in total. The second-order valence-corrected chi connectivity index (χ2v) is 6.68. The van der Waals surface area contributed by atoms with E-state index in [1.807, 2.05) is 0 Å². The summed E-state index contributed by atoms with van der Waals surface area (Å²) in [4.78, 5) is 0. The van der Waals surface area contributed by atoms with Crippen molar-refractivity contribution in [2.24, 2.45) is 0 Å². The van der Waals surface area contributed by atoms with E-state index in [2.05, 4.69) is 0 Å². The molecule has 0 saturated heterocycles. The monoisotopic (exact) mass is 194 g/mol. The first-order valence-electron chi connectivity index (χ1n) is 0.655. The summed E-state index contributed by atoms with van der Waals surface area (Å²) >= 11 is -1.72. The van der Waals surface area contributed by atoms with Crippen molar-refractivity contribution < 1.29 is 0 Å². The van der Waals surface area contributed by atoms with Crippen molar-refractivity contribution in [2.75, 3.05) is 0 Å². The fraction of sp³-hybridized carbons (Fsp3) is 0. The van der Waals surface area contributed by atoms with Crippen molar-refractivity contribution in [3.63, 3.8) is 0 Å². The molecular formula is AlCl3KNa. The minimum atomic E-state index is -1.72. The first-order valence-corrected chi connectivity index (χ1v) is 5.89. The Morgan fingerprint density at radius 3 is 1.00 bits per heavy atom. The normalized spacial score (nSPS) is 4.50. The molecule has 0 rings (SSSR count). The third-order valence-electron chi connectivity index (χ3n) is 0. The van der Waals surface area contributed by atoms with E-state index in [0.717, 1.165) is 0 Å². The van der Waals surface area contributed by atoms with Gasteiger partial charge in [0.1, 0.15) is 0 Å². The van der Waals surface area contributed by atoms with Crippen LogP contribution in [0.5, 0.6) is 0 Å². The fourth-order valence-corrected chi connectivity index (χ4v) is 0. The zero-order chi connectivity index (χ0) is 3.58. The maximum Gasteiger partial charge on any atom is 0.643 e. The van der Waals surface area contributed by atoms with Crippen LogP contribution < -0.4 is 0 Å². The molecular weight excluding hydrogens is 195 g/mol. The molecule has 0 aromatic heterocycles. The number of hydrogen-bond acceptors (Lipinski definition) is 0. The Kier molecular flexibility index (Phi) is 32.5. The average molecular weight is 195 g/mol. The predicted molar refractivity (Wildman–Crippen MR) is 34.8 cm³/mol. The van der Waals surface area contributed by atoms with Crippen LogP contribution in [0.25, 0.3) is 0 Å². The molecule has 6 heavy (non-hydrogen) atoms. The van der Waals surface area contributed by atoms with Gasteiger partial charge in [0.25, 0.3) is 0 Å². The van der Waals surface area contributed by atoms with Crippen molar-refractivity contribution in [3.05, 3.63) is 0 Å². The van der Waals surface area contributed by atoms with Gasteiger partial charge in [-0.2, -0.15) is 0 Å². The number of hydrogen-bond donors (Lipinski definition) is 0. The summed E-state index contributed by atoms with van der Waals surface area (Å²) in [6.45, 7) is 0. The van der Waals surface area contributed by atoms with E-state index in [9.17, 15) is 0 Å². The van der Waals surface area contributed by atoms with Crippen LogP contribution in [-0.2, 0) is 0 Å². The van der Waals surface area contributed by atoms with Gasteiger partial charge in [0.2, 0.25) is 0 Å². The Hall–Kier alpha value is 4.04. The van der Waals surface area contributed by atoms with Crippen LogP contribution >= 0.6 is 30.1 Å². The molecule has 0 aliphatic rings. The molecule has 0 spiro atoms. The molecule has 0 atom stereocenters. The summed E-state index contributed by atoms with van der Waals surface area (Å²) in [5.41, 5.74) is 0. The second-order valence-electron chi connectivity index (χ2n) is 0.247. The third kappa shape index (κ3) is 24.4. The van der Waals surface area contributed by atoms with Crippen molar-refractivity contribution >= 4 is 122 Å². The quantitative estimate of drug-likeness (QED) is 0.505. The van der Waals surface area contributed by atoms with Crippen molar-refractivity contribution in [2.45, 2.75) is 0 Å². The largest absolute Gasteiger partial charge is 0.643 e. The smallest absolute Gasteiger partial charge is 0.214 e. The minimum absolute atomic E-state index is 0. The molecule has 0 heterocycles. The molecule has 0 bridgehead atoms. The summed E-state index contributed by atoms with van der Waals surface area (Å²) in [6.07, 6.45) is 0. The van der Waals surface area contributed by atoms with Crippen LogP contribution in [0.4, 0.5) is 0 Å². The maximum atomic E-state index is 4.94. The zero-order valence-corrected chi connectivity index (χ0v) is 12.3. The van der Waals surface area contributed by atoms with Gasteiger partial charge in [-0.1, -0.05) is 0 Å². The van der Waals surface area contributed by atoms with Gasteiger partial charge in [-0.25, -0.2) is 30.1 Å². The molecule has 0 nitrogen and oxygen atoms in total. The SMILES string of the molecule is [Cl][Al]([Cl])[Cl].[K].[Na]. The van der Waals surface area contributed by atoms with E-state index in [1.54, 1.807) is 0 Å². The maximum absolute atomic E-state index is 4.94. The van der Waals surface area contributed by atoms with Crippen LogP contribution in [0.15, 0.2) is 0 Å². The summed E-state index contributed by atoms with van der Waals surface area (Å²) < 4.78 is 0. The van der Waals surface area contributed by atoms with Gasteiger partial charge in [0.15, 0.2) is 0 Å². The van der Waals surface area contributed by atoms with Gasteiger partial charge in [-0.3, -0.25) is 0 Å². The Labute approximate surface area is 119 Å². The number of rotatable bonds is 0. The molecule has 26 valence electrons. The zero-order valence-electron chi connectivity index (χ0n) is 3.71. The Balaban J connectivity index is -0.0000000450. The van der Waals surface area contributed by atoms with E-state index in [0.29, 0.717) is 0 Å². The fourth-order valence-electron chi connectivity index (χ4n) is 0. The molecule has 0 aliphatic heterocycles. The van der Waals surface area contributed by atoms with E-state index >= 15 is 0 Å². The summed E-state index contributed by atoms with van der Waals surface area (Å²) in [6, 6.07) is 0. The van der Waals surface area contributed by atoms with Gasteiger partial charge >= 0.3 is 11.4 Å². The van der Waals surface area contributed by atoms with Gasteiger partial charge in [-0.15, -0.1) is 0 Å². The van der Waals surface area contributed by atoms with Crippen molar-refractivity contribution in [1.29, 1.82) is 0 Å². The Morgan fingerprint density at radius 1 is 1.00 bits per heavy atom. The van der Waals surface area contributed by atoms with Crippen LogP contribution in [0.2, 0.25) is 0 Å². The average Bonchev–Trinajstić information content (AvgIpc) is 0.811. The minimum Gasteiger partial charge on any atom is -0.214 e. The molecule has 0 fully saturated rings. The first kappa shape index (κ1) is 16.6. The third-order valence-corrected chi connectivity index (χ3v) is 0. The topological polar surface area (TPSA) is 0 Å². The summed E-state index contributed by atoms with van der Waals surface area (Å²) in [7, 11) is 14.8. The first-order chi connectivity index (χ1) is 1.73. The van der Waals surface area contributed by atoms with Crippen LogP contribution in [0, 0.1) is 0 Å². The van der Waals surface area contributed by atoms with E-state index in [4.69, 9.17) is 30.1 Å². The van der Waals surface area contributed by atoms with Crippen LogP contribution in [0.1, 0.15) is 0 Å².